The number of esters is 2. The first-order valence-corrected chi connectivity index (χ1v) is 7.89. The van der Waals surface area contributed by atoms with Gasteiger partial charge in [-0.15, -0.1) is 0 Å². The predicted molar refractivity (Wildman–Crippen MR) is 86.6 cm³/mol. The van der Waals surface area contributed by atoms with Gasteiger partial charge in [0.2, 0.25) is 0 Å². The van der Waals surface area contributed by atoms with Crippen LogP contribution >= 0.6 is 0 Å². The van der Waals surface area contributed by atoms with Gasteiger partial charge in [0.25, 0.3) is 0 Å². The highest BCUT2D eigenvalue weighted by molar-refractivity contribution is 5.84. The van der Waals surface area contributed by atoms with E-state index in [1.54, 1.807) is 4.90 Å². The Morgan fingerprint density at radius 1 is 1.36 bits per heavy atom. The van der Waals surface area contributed by atoms with Gasteiger partial charge in [0.05, 0.1) is 13.7 Å². The van der Waals surface area contributed by atoms with Crippen LogP contribution < -0.4 is 0 Å². The Hall–Kier alpha value is -2.80. The van der Waals surface area contributed by atoms with E-state index in [1.807, 2.05) is 30.3 Å². The van der Waals surface area contributed by atoms with Gasteiger partial charge in [0.1, 0.15) is 12.4 Å². The number of carbonyl (C=O) groups is 2. The van der Waals surface area contributed by atoms with Crippen LogP contribution in [0.1, 0.15) is 12.0 Å². The van der Waals surface area contributed by atoms with Crippen molar-refractivity contribution in [2.45, 2.75) is 25.3 Å². The summed E-state index contributed by atoms with van der Waals surface area (Å²) in [6, 6.07) is 8.51. The highest BCUT2D eigenvalue weighted by Gasteiger charge is 2.51. The third-order valence-corrected chi connectivity index (χ3v) is 4.07. The average Bonchev–Trinajstić information content (AvgIpc) is 2.91. The Labute approximate surface area is 145 Å². The molecule has 2 atom stereocenters. The molecule has 0 amide bonds. The molecule has 1 aromatic rings. The van der Waals surface area contributed by atoms with Crippen LogP contribution in [0.4, 0.5) is 0 Å². The van der Waals surface area contributed by atoms with Crippen molar-refractivity contribution in [3.8, 4) is 0 Å². The van der Waals surface area contributed by atoms with Gasteiger partial charge < -0.3 is 24.2 Å². The van der Waals surface area contributed by atoms with E-state index in [2.05, 4.69) is 4.74 Å². The lowest BCUT2D eigenvalue weighted by atomic mass is 10.0. The number of ether oxygens (including phenoxy) is 3. The van der Waals surface area contributed by atoms with Crippen LogP contribution in [0.5, 0.6) is 0 Å². The van der Waals surface area contributed by atoms with Crippen molar-refractivity contribution in [3.63, 3.8) is 0 Å². The van der Waals surface area contributed by atoms with E-state index < -0.39 is 18.0 Å². The minimum absolute atomic E-state index is 0.136. The van der Waals surface area contributed by atoms with Gasteiger partial charge in [-0.1, -0.05) is 30.3 Å². The number of rotatable bonds is 5. The van der Waals surface area contributed by atoms with Crippen LogP contribution in [0.15, 0.2) is 53.9 Å². The smallest absolute Gasteiger partial charge is 0.337 e. The van der Waals surface area contributed by atoms with E-state index in [1.165, 1.54) is 19.3 Å². The van der Waals surface area contributed by atoms with Crippen molar-refractivity contribution in [3.05, 3.63) is 59.5 Å². The molecule has 2 aliphatic heterocycles. The van der Waals surface area contributed by atoms with E-state index in [0.717, 1.165) is 5.56 Å². The molecule has 0 unspecified atom stereocenters. The number of hydrogen-bond acceptors (Lipinski definition) is 7. The van der Waals surface area contributed by atoms with Crippen LogP contribution in [0.3, 0.4) is 0 Å². The van der Waals surface area contributed by atoms with Crippen molar-refractivity contribution in [1.29, 1.82) is 0 Å². The van der Waals surface area contributed by atoms with Gasteiger partial charge in [0.15, 0.2) is 12.3 Å². The first-order valence-electron chi connectivity index (χ1n) is 7.89. The Morgan fingerprint density at radius 3 is 2.80 bits per heavy atom. The molecule has 132 valence electrons. The van der Waals surface area contributed by atoms with Gasteiger partial charge in [-0.05, 0) is 11.6 Å². The molecule has 0 aromatic heterocycles. The van der Waals surface area contributed by atoms with Crippen molar-refractivity contribution >= 4 is 11.9 Å². The van der Waals surface area contributed by atoms with Crippen LogP contribution in [0.2, 0.25) is 0 Å². The van der Waals surface area contributed by atoms with Gasteiger partial charge >= 0.3 is 11.9 Å². The summed E-state index contributed by atoms with van der Waals surface area (Å²) in [6.45, 7) is -0.120. The standard InChI is InChI=1S/C18H19NO6/c1-23-16(21)10-13-9-15-19(13)17(14(25-15)7-8-20)18(22)24-11-12-5-3-2-4-6-12/h2-7,10,15,17,20H,8-9,11H2,1H3/t15-,17-/m1/s1. The summed E-state index contributed by atoms with van der Waals surface area (Å²) in [6.07, 6.45) is 2.91. The second-order valence-electron chi connectivity index (χ2n) is 5.63. The lowest BCUT2D eigenvalue weighted by Crippen LogP contribution is -2.49. The highest BCUT2D eigenvalue weighted by atomic mass is 16.6. The maximum atomic E-state index is 12.6. The van der Waals surface area contributed by atoms with Gasteiger partial charge in [-0.2, -0.15) is 0 Å². The molecule has 2 saturated heterocycles. The van der Waals surface area contributed by atoms with E-state index in [4.69, 9.17) is 14.6 Å². The third kappa shape index (κ3) is 3.51. The normalized spacial score (nSPS) is 24.5. The molecule has 0 radical (unpaired) electrons. The topological polar surface area (TPSA) is 85.3 Å². The Balaban J connectivity index is 1.75. The molecule has 2 heterocycles. The number of carbonyl (C=O) groups excluding carboxylic acids is 2. The van der Waals surface area contributed by atoms with Crippen LogP contribution in [-0.4, -0.2) is 47.9 Å². The van der Waals surface area contributed by atoms with Gasteiger partial charge in [-0.3, -0.25) is 0 Å². The number of hydrogen-bond donors (Lipinski definition) is 1. The van der Waals surface area contributed by atoms with Gasteiger partial charge in [-0.25, -0.2) is 9.59 Å². The second kappa shape index (κ2) is 7.40. The average molecular weight is 345 g/mol. The summed E-state index contributed by atoms with van der Waals surface area (Å²) in [7, 11) is 1.29. The fourth-order valence-electron chi connectivity index (χ4n) is 2.86. The molecule has 2 aliphatic rings. The lowest BCUT2D eigenvalue weighted by Gasteiger charge is -2.39. The largest absolute Gasteiger partial charge is 0.472 e. The Bertz CT molecular complexity index is 712. The number of nitrogens with zero attached hydrogens (tertiary/aromatic N) is 1. The second-order valence-corrected chi connectivity index (χ2v) is 5.63. The summed E-state index contributed by atoms with van der Waals surface area (Å²) < 4.78 is 15.7. The first-order chi connectivity index (χ1) is 12.1. The quantitative estimate of drug-likeness (QED) is 0.632. The van der Waals surface area contributed by atoms with Crippen LogP contribution in [0, 0.1) is 0 Å². The monoisotopic (exact) mass is 345 g/mol. The van der Waals surface area contributed by atoms with Crippen molar-refractivity contribution in [1.82, 2.24) is 4.90 Å². The Kier molecular flexibility index (Phi) is 5.04. The molecule has 0 saturated carbocycles. The molecule has 0 aliphatic carbocycles. The number of aliphatic hydroxyl groups is 1. The van der Waals surface area contributed by atoms with E-state index in [-0.39, 0.29) is 19.4 Å². The van der Waals surface area contributed by atoms with Crippen molar-refractivity contribution < 1.29 is 28.9 Å². The maximum absolute atomic E-state index is 12.6. The summed E-state index contributed by atoms with van der Waals surface area (Å²) in [5, 5.41) is 9.16. The molecule has 3 rings (SSSR count). The van der Waals surface area contributed by atoms with Crippen LogP contribution in [0.25, 0.3) is 0 Å². The summed E-state index contributed by atoms with van der Waals surface area (Å²) in [5.74, 6) is -0.662. The zero-order chi connectivity index (χ0) is 17.8. The zero-order valence-electron chi connectivity index (χ0n) is 13.8. The van der Waals surface area contributed by atoms with Crippen molar-refractivity contribution in [2.24, 2.45) is 0 Å². The summed E-state index contributed by atoms with van der Waals surface area (Å²) in [4.78, 5) is 25.7. The molecule has 7 heteroatoms. The zero-order valence-corrected chi connectivity index (χ0v) is 13.8. The number of fused-ring (bicyclic) bond motifs is 1. The highest BCUT2D eigenvalue weighted by Crippen LogP contribution is 2.42. The minimum Gasteiger partial charge on any atom is -0.472 e. The molecular weight excluding hydrogens is 326 g/mol. The summed E-state index contributed by atoms with van der Waals surface area (Å²) >= 11 is 0. The molecule has 0 spiro atoms. The molecular formula is C18H19NO6. The molecule has 0 bridgehead atoms. The predicted octanol–water partition coefficient (Wildman–Crippen LogP) is 1.09. The molecule has 7 nitrogen and oxygen atoms in total. The summed E-state index contributed by atoms with van der Waals surface area (Å²) in [5.41, 5.74) is 1.51. The van der Waals surface area contributed by atoms with E-state index >= 15 is 0 Å². The molecule has 25 heavy (non-hydrogen) atoms. The number of methoxy groups -OCH3 is 1. The van der Waals surface area contributed by atoms with Gasteiger partial charge in [0, 0.05) is 18.2 Å². The minimum atomic E-state index is -0.814. The Morgan fingerprint density at radius 2 is 2.12 bits per heavy atom. The van der Waals surface area contributed by atoms with E-state index in [9.17, 15) is 9.59 Å². The SMILES string of the molecule is COC(=O)C=C1C[C@H]2OC(=CCO)[C@H](C(=O)OCc3ccccc3)N12. The fourth-order valence-corrected chi connectivity index (χ4v) is 2.86. The fraction of sp³-hybridized carbons (Fsp3) is 0.333. The lowest BCUT2D eigenvalue weighted by molar-refractivity contribution is -0.150. The molecule has 1 N–H and O–H groups in total. The first kappa shape index (κ1) is 17.0. The maximum Gasteiger partial charge on any atom is 0.337 e. The number of benzene rings is 1. The molecule has 1 aromatic carbocycles. The van der Waals surface area contributed by atoms with Crippen molar-refractivity contribution in [2.75, 3.05) is 13.7 Å². The van der Waals surface area contributed by atoms with Crippen LogP contribution in [-0.2, 0) is 30.4 Å². The third-order valence-electron chi connectivity index (χ3n) is 4.07. The number of aliphatic hydroxyl groups excluding tert-OH is 1. The van der Waals surface area contributed by atoms with E-state index in [0.29, 0.717) is 17.9 Å². The molecule has 2 fully saturated rings.